The molecule has 0 saturated heterocycles. The molecule has 2 heterocycles. The van der Waals surface area contributed by atoms with E-state index in [9.17, 15) is 26.4 Å². The Morgan fingerprint density at radius 2 is 1.85 bits per heavy atom. The van der Waals surface area contributed by atoms with E-state index in [0.717, 1.165) is 17.9 Å². The molecule has 11 heteroatoms. The molecule has 0 spiro atoms. The van der Waals surface area contributed by atoms with Gasteiger partial charge in [-0.25, -0.2) is 13.4 Å². The van der Waals surface area contributed by atoms with Crippen molar-refractivity contribution < 1.29 is 26.4 Å². The number of benzene rings is 1. The van der Waals surface area contributed by atoms with Gasteiger partial charge < -0.3 is 9.88 Å². The van der Waals surface area contributed by atoms with Gasteiger partial charge in [0, 0.05) is 24.7 Å². The third-order valence-electron chi connectivity index (χ3n) is 7.38. The van der Waals surface area contributed by atoms with E-state index in [1.54, 1.807) is 25.1 Å². The van der Waals surface area contributed by atoms with Crippen LogP contribution in [-0.2, 0) is 29.3 Å². The first kappa shape index (κ1) is 29.0. The Morgan fingerprint density at radius 3 is 2.44 bits per heavy atom. The van der Waals surface area contributed by atoms with Crippen LogP contribution in [0.2, 0.25) is 0 Å². The number of sulfone groups is 1. The summed E-state index contributed by atoms with van der Waals surface area (Å²) in [6.07, 6.45) is -0.830. The van der Waals surface area contributed by atoms with Crippen molar-refractivity contribution in [1.29, 1.82) is 0 Å². The quantitative estimate of drug-likeness (QED) is 0.359. The number of rotatable bonds is 9. The van der Waals surface area contributed by atoms with Gasteiger partial charge >= 0.3 is 6.18 Å². The molecule has 212 valence electrons. The van der Waals surface area contributed by atoms with Crippen LogP contribution in [0, 0.1) is 17.8 Å². The van der Waals surface area contributed by atoms with Crippen LogP contribution in [0.3, 0.4) is 0 Å². The molecule has 1 amide bonds. The second-order valence-corrected chi connectivity index (χ2v) is 13.0. The van der Waals surface area contributed by atoms with Crippen LogP contribution in [0.4, 0.5) is 13.2 Å². The zero-order chi connectivity index (χ0) is 28.4. The molecule has 0 unspecified atom stereocenters. The number of aromatic nitrogens is 3. The van der Waals surface area contributed by atoms with Gasteiger partial charge in [-0.05, 0) is 67.9 Å². The molecule has 39 heavy (non-hydrogen) atoms. The summed E-state index contributed by atoms with van der Waals surface area (Å²) in [4.78, 5) is 22.0. The molecule has 1 aliphatic carbocycles. The highest BCUT2D eigenvalue weighted by atomic mass is 32.2. The smallest absolute Gasteiger partial charge is 0.346 e. The topological polar surface area (TPSA) is 94.0 Å². The zero-order valence-corrected chi connectivity index (χ0v) is 23.3. The first-order valence-electron chi connectivity index (χ1n) is 13.4. The lowest BCUT2D eigenvalue weighted by molar-refractivity contribution is -0.183. The highest BCUT2D eigenvalue weighted by molar-refractivity contribution is 7.91. The van der Waals surface area contributed by atoms with Gasteiger partial charge in [0.15, 0.2) is 9.84 Å². The lowest BCUT2D eigenvalue weighted by Gasteiger charge is -2.29. The SMILES string of the molecule is CCS(=O)(=O)c1ccc(CNC(=O)c2ccc3c(c2)nc(C[C@H]2CC[C@H](C(F)(F)F)CC2)n3CC(C)C)nc1. The number of nitrogens with zero attached hydrogens (tertiary/aromatic N) is 3. The maximum Gasteiger partial charge on any atom is 0.391 e. The molecular formula is C28H35F3N4O3S. The molecule has 1 saturated carbocycles. The molecule has 2 aromatic heterocycles. The third kappa shape index (κ3) is 6.98. The Kier molecular flexibility index (Phi) is 8.68. The van der Waals surface area contributed by atoms with Crippen LogP contribution in [0.1, 0.15) is 68.3 Å². The summed E-state index contributed by atoms with van der Waals surface area (Å²) in [7, 11) is -3.34. The minimum Gasteiger partial charge on any atom is -0.346 e. The molecular weight excluding hydrogens is 529 g/mol. The van der Waals surface area contributed by atoms with Crippen molar-refractivity contribution in [3.8, 4) is 0 Å². The van der Waals surface area contributed by atoms with Crippen LogP contribution in [-0.4, -0.2) is 40.8 Å². The number of carbonyl (C=O) groups excluding carboxylic acids is 1. The highest BCUT2D eigenvalue weighted by Crippen LogP contribution is 2.40. The predicted octanol–water partition coefficient (Wildman–Crippen LogP) is 5.72. The Hall–Kier alpha value is -2.95. The minimum absolute atomic E-state index is 0.0128. The fraction of sp³-hybridized carbons (Fsp3) is 0.536. The van der Waals surface area contributed by atoms with Crippen LogP contribution < -0.4 is 5.32 Å². The van der Waals surface area contributed by atoms with Gasteiger partial charge in [0.1, 0.15) is 5.82 Å². The van der Waals surface area contributed by atoms with E-state index >= 15 is 0 Å². The van der Waals surface area contributed by atoms with Crippen molar-refractivity contribution in [2.75, 3.05) is 5.75 Å². The first-order valence-corrected chi connectivity index (χ1v) is 15.0. The number of imidazole rings is 1. The van der Waals surface area contributed by atoms with Crippen LogP contribution in [0.15, 0.2) is 41.4 Å². The second-order valence-electron chi connectivity index (χ2n) is 10.8. The van der Waals surface area contributed by atoms with Gasteiger partial charge in [0.05, 0.1) is 39.8 Å². The number of halogens is 3. The van der Waals surface area contributed by atoms with Crippen molar-refractivity contribution in [3.63, 3.8) is 0 Å². The molecule has 1 N–H and O–H groups in total. The molecule has 1 fully saturated rings. The molecule has 0 radical (unpaired) electrons. The van der Waals surface area contributed by atoms with Crippen LogP contribution >= 0.6 is 0 Å². The summed E-state index contributed by atoms with van der Waals surface area (Å²) in [6.45, 7) is 6.63. The van der Waals surface area contributed by atoms with Crippen molar-refractivity contribution in [2.45, 2.75) is 77.0 Å². The summed E-state index contributed by atoms with van der Waals surface area (Å²) < 4.78 is 65.3. The molecule has 1 aromatic carbocycles. The standard InChI is InChI=1S/C28H35F3N4O3S/c1-4-39(37,38)23-11-10-22(32-16-23)15-33-27(36)20-7-12-25-24(14-20)34-26(35(25)17-18(2)3)13-19-5-8-21(9-6-19)28(29,30)31/h7,10-12,14,16,18-19,21H,4-6,8-9,13,15,17H2,1-3H3,(H,33,36)/t19-,21-. The normalized spacial score (nSPS) is 18.5. The Balaban J connectivity index is 1.47. The molecule has 7 nitrogen and oxygen atoms in total. The van der Waals surface area contributed by atoms with Gasteiger partial charge in [0.25, 0.3) is 5.91 Å². The molecule has 3 aromatic rings. The zero-order valence-electron chi connectivity index (χ0n) is 22.5. The Bertz CT molecular complexity index is 1410. The summed E-state index contributed by atoms with van der Waals surface area (Å²) in [5, 5.41) is 2.81. The molecule has 1 aliphatic rings. The fourth-order valence-corrected chi connectivity index (χ4v) is 5.96. The predicted molar refractivity (Wildman–Crippen MR) is 143 cm³/mol. The monoisotopic (exact) mass is 564 g/mol. The number of hydrogen-bond acceptors (Lipinski definition) is 5. The van der Waals surface area contributed by atoms with Crippen molar-refractivity contribution in [1.82, 2.24) is 19.9 Å². The maximum absolute atomic E-state index is 13.1. The highest BCUT2D eigenvalue weighted by Gasteiger charge is 2.41. The first-order chi connectivity index (χ1) is 18.4. The second kappa shape index (κ2) is 11.7. The lowest BCUT2D eigenvalue weighted by Crippen LogP contribution is -2.28. The number of pyridine rings is 1. The summed E-state index contributed by atoms with van der Waals surface area (Å²) >= 11 is 0. The molecule has 0 bridgehead atoms. The van der Waals surface area contributed by atoms with E-state index in [-0.39, 0.29) is 41.9 Å². The van der Waals surface area contributed by atoms with Gasteiger partial charge in [-0.2, -0.15) is 13.2 Å². The number of alkyl halides is 3. The summed E-state index contributed by atoms with van der Waals surface area (Å²) in [5.74, 6) is -0.188. The number of carbonyl (C=O) groups is 1. The Morgan fingerprint density at radius 1 is 1.13 bits per heavy atom. The molecule has 4 rings (SSSR count). The number of fused-ring (bicyclic) bond motifs is 1. The van der Waals surface area contributed by atoms with Crippen molar-refractivity contribution in [3.05, 3.63) is 53.6 Å². The van der Waals surface area contributed by atoms with Gasteiger partial charge in [0.2, 0.25) is 0 Å². The minimum atomic E-state index is -4.12. The van der Waals surface area contributed by atoms with Crippen LogP contribution in [0.5, 0.6) is 0 Å². The summed E-state index contributed by atoms with van der Waals surface area (Å²) in [5.41, 5.74) is 2.53. The number of nitrogens with one attached hydrogen (secondary N) is 1. The largest absolute Gasteiger partial charge is 0.391 e. The number of hydrogen-bond donors (Lipinski definition) is 1. The number of amides is 1. The Labute approximate surface area is 227 Å². The van der Waals surface area contributed by atoms with Crippen LogP contribution in [0.25, 0.3) is 11.0 Å². The van der Waals surface area contributed by atoms with Gasteiger partial charge in [-0.1, -0.05) is 20.8 Å². The molecule has 0 aliphatic heterocycles. The lowest BCUT2D eigenvalue weighted by atomic mass is 9.80. The average molecular weight is 565 g/mol. The van der Waals surface area contributed by atoms with E-state index in [0.29, 0.717) is 42.0 Å². The van der Waals surface area contributed by atoms with E-state index in [1.165, 1.54) is 12.3 Å². The van der Waals surface area contributed by atoms with Gasteiger partial charge in [-0.15, -0.1) is 0 Å². The van der Waals surface area contributed by atoms with Crippen molar-refractivity contribution >= 4 is 26.8 Å². The van der Waals surface area contributed by atoms with Crippen molar-refractivity contribution in [2.24, 2.45) is 17.8 Å². The van der Waals surface area contributed by atoms with Gasteiger partial charge in [-0.3, -0.25) is 9.78 Å². The average Bonchev–Trinajstić information content (AvgIpc) is 3.22. The fourth-order valence-electron chi connectivity index (χ4n) is 5.14. The maximum atomic E-state index is 13.1. The van der Waals surface area contributed by atoms with E-state index < -0.39 is 21.9 Å². The third-order valence-corrected chi connectivity index (χ3v) is 9.10. The molecule has 0 atom stereocenters. The van der Waals surface area contributed by atoms with E-state index in [1.807, 2.05) is 6.07 Å². The van der Waals surface area contributed by atoms with E-state index in [2.05, 4.69) is 28.7 Å². The summed E-state index contributed by atoms with van der Waals surface area (Å²) in [6, 6.07) is 8.40. The van der Waals surface area contributed by atoms with E-state index in [4.69, 9.17) is 4.98 Å².